The van der Waals surface area contributed by atoms with E-state index < -0.39 is 5.54 Å². The summed E-state index contributed by atoms with van der Waals surface area (Å²) in [5.41, 5.74) is 11.7. The number of nitrogens with two attached hydrogens (primary N) is 2. The van der Waals surface area contributed by atoms with Crippen molar-refractivity contribution in [3.63, 3.8) is 0 Å². The Labute approximate surface area is 218 Å². The Morgan fingerprint density at radius 3 is 2.51 bits per heavy atom. The zero-order valence-corrected chi connectivity index (χ0v) is 21.4. The standard InChI is InChI=1S/C29H35N7O/c1-29(2,31)17-27(37)33-23-16-15-22-7-3-6-10-26(22)36(19-23)18-20-11-13-21(14-12-20)24-8-4-5-9-25(24)28(30)34-35-32/h3-14,23H,15-19,31H2,1-2H3,(H,33,37)(H3,30,32,34). The fraction of sp³-hybridized carbons (Fsp3) is 0.310. The van der Waals surface area contributed by atoms with Crippen LogP contribution in [0.2, 0.25) is 0 Å². The van der Waals surface area contributed by atoms with Crippen LogP contribution >= 0.6 is 0 Å². The molecule has 0 saturated carbocycles. The molecule has 0 fully saturated rings. The summed E-state index contributed by atoms with van der Waals surface area (Å²) in [6, 6.07) is 24.5. The van der Waals surface area contributed by atoms with Gasteiger partial charge in [-0.1, -0.05) is 72.0 Å². The van der Waals surface area contributed by atoms with Gasteiger partial charge >= 0.3 is 0 Å². The highest BCUT2D eigenvalue weighted by atomic mass is 16.1. The molecule has 8 heteroatoms. The lowest BCUT2D eigenvalue weighted by Crippen LogP contribution is -2.46. The van der Waals surface area contributed by atoms with E-state index >= 15 is 0 Å². The number of hydrogen-bond donors (Lipinski definition) is 4. The largest absolute Gasteiger partial charge is 0.365 e. The molecule has 4 rings (SSSR count). The normalized spacial score (nSPS) is 15.8. The highest BCUT2D eigenvalue weighted by Gasteiger charge is 2.25. The Morgan fingerprint density at radius 1 is 1.08 bits per heavy atom. The summed E-state index contributed by atoms with van der Waals surface area (Å²) in [4.78, 5) is 15.0. The first-order valence-electron chi connectivity index (χ1n) is 12.5. The van der Waals surface area contributed by atoms with Gasteiger partial charge in [-0.05, 0) is 55.0 Å². The Kier molecular flexibility index (Phi) is 7.98. The first-order valence-corrected chi connectivity index (χ1v) is 12.5. The number of nitrogens with one attached hydrogen (secondary N) is 2. The van der Waals surface area contributed by atoms with Gasteiger partial charge in [0, 0.05) is 42.3 Å². The molecule has 1 amide bonds. The second-order valence-electron chi connectivity index (χ2n) is 10.3. The number of para-hydroxylation sites is 1. The van der Waals surface area contributed by atoms with Crippen LogP contribution in [0.15, 0.2) is 83.1 Å². The van der Waals surface area contributed by atoms with E-state index in [0.717, 1.165) is 36.1 Å². The average Bonchev–Trinajstić information content (AvgIpc) is 3.03. The SMILES string of the molecule is CC(C)(N)CC(=O)NC1CCc2ccccc2N(Cc2ccc(-c3ccccc3C(=N)N=NN)cc2)C1. The number of nitrogens with zero attached hydrogens (tertiary/aromatic N) is 3. The fourth-order valence-corrected chi connectivity index (χ4v) is 4.84. The number of hydrogen-bond acceptors (Lipinski definition) is 5. The third-order valence-corrected chi connectivity index (χ3v) is 6.49. The lowest BCUT2D eigenvalue weighted by Gasteiger charge is -2.29. The molecule has 1 heterocycles. The van der Waals surface area contributed by atoms with Crippen LogP contribution in [0, 0.1) is 5.41 Å². The molecule has 3 aromatic carbocycles. The Bertz CT molecular complexity index is 1280. The smallest absolute Gasteiger partial charge is 0.222 e. The minimum atomic E-state index is -0.538. The number of anilines is 1. The molecular formula is C29H35N7O. The summed E-state index contributed by atoms with van der Waals surface area (Å²) in [5.74, 6) is 5.17. The van der Waals surface area contributed by atoms with E-state index in [-0.39, 0.29) is 17.8 Å². The number of aryl methyl sites for hydroxylation is 1. The van der Waals surface area contributed by atoms with Crippen LogP contribution < -0.4 is 21.8 Å². The number of rotatable bonds is 7. The monoisotopic (exact) mass is 497 g/mol. The number of amidine groups is 1. The maximum absolute atomic E-state index is 12.6. The lowest BCUT2D eigenvalue weighted by molar-refractivity contribution is -0.122. The van der Waals surface area contributed by atoms with Crippen molar-refractivity contribution in [1.29, 1.82) is 5.41 Å². The van der Waals surface area contributed by atoms with Gasteiger partial charge in [0.2, 0.25) is 5.91 Å². The summed E-state index contributed by atoms with van der Waals surface area (Å²) >= 11 is 0. The minimum absolute atomic E-state index is 0.00818. The van der Waals surface area contributed by atoms with Crippen LogP contribution in [0.5, 0.6) is 0 Å². The van der Waals surface area contributed by atoms with E-state index in [2.05, 4.69) is 69.1 Å². The van der Waals surface area contributed by atoms with E-state index in [1.165, 1.54) is 11.3 Å². The fourth-order valence-electron chi connectivity index (χ4n) is 4.84. The van der Waals surface area contributed by atoms with Crippen LogP contribution in [0.1, 0.15) is 43.4 Å². The predicted molar refractivity (Wildman–Crippen MR) is 148 cm³/mol. The van der Waals surface area contributed by atoms with E-state index in [1.54, 1.807) is 0 Å². The number of benzene rings is 3. The molecule has 1 aliphatic rings. The molecule has 192 valence electrons. The van der Waals surface area contributed by atoms with Crippen LogP contribution in [-0.4, -0.2) is 29.9 Å². The van der Waals surface area contributed by atoms with Crippen molar-refractivity contribution >= 4 is 17.4 Å². The van der Waals surface area contributed by atoms with E-state index in [0.29, 0.717) is 18.5 Å². The van der Waals surface area contributed by atoms with E-state index in [9.17, 15) is 4.79 Å². The van der Waals surface area contributed by atoms with Crippen molar-refractivity contribution in [2.24, 2.45) is 21.9 Å². The zero-order valence-electron chi connectivity index (χ0n) is 21.4. The molecule has 6 N–H and O–H groups in total. The Hall–Kier alpha value is -4.04. The maximum Gasteiger partial charge on any atom is 0.222 e. The van der Waals surface area contributed by atoms with Crippen molar-refractivity contribution < 1.29 is 4.79 Å². The third-order valence-electron chi connectivity index (χ3n) is 6.49. The molecule has 3 aromatic rings. The predicted octanol–water partition coefficient (Wildman–Crippen LogP) is 4.57. The number of carbonyl (C=O) groups excluding carboxylic acids is 1. The first-order chi connectivity index (χ1) is 17.7. The van der Waals surface area contributed by atoms with Gasteiger partial charge in [0.25, 0.3) is 0 Å². The third kappa shape index (κ3) is 6.80. The molecule has 0 bridgehead atoms. The summed E-state index contributed by atoms with van der Waals surface area (Å²) in [5, 5.41) is 18.3. The Balaban J connectivity index is 1.54. The number of amides is 1. The molecule has 0 spiro atoms. The second-order valence-corrected chi connectivity index (χ2v) is 10.3. The lowest BCUT2D eigenvalue weighted by atomic mass is 9.98. The van der Waals surface area contributed by atoms with Crippen molar-refractivity contribution in [3.05, 3.63) is 89.5 Å². The van der Waals surface area contributed by atoms with Gasteiger partial charge in [-0.3, -0.25) is 10.2 Å². The average molecular weight is 498 g/mol. The molecule has 37 heavy (non-hydrogen) atoms. The summed E-state index contributed by atoms with van der Waals surface area (Å²) in [7, 11) is 0. The van der Waals surface area contributed by atoms with Gasteiger partial charge in [0.1, 0.15) is 0 Å². The molecule has 8 nitrogen and oxygen atoms in total. The molecular weight excluding hydrogens is 462 g/mol. The van der Waals surface area contributed by atoms with Gasteiger partial charge in [0.05, 0.1) is 0 Å². The number of carbonyl (C=O) groups is 1. The molecule has 0 aliphatic carbocycles. The Morgan fingerprint density at radius 2 is 1.78 bits per heavy atom. The highest BCUT2D eigenvalue weighted by molar-refractivity contribution is 6.02. The summed E-state index contributed by atoms with van der Waals surface area (Å²) in [6.07, 6.45) is 2.08. The van der Waals surface area contributed by atoms with Crippen LogP contribution in [-0.2, 0) is 17.8 Å². The second kappa shape index (κ2) is 11.3. The van der Waals surface area contributed by atoms with Crippen LogP contribution in [0.25, 0.3) is 11.1 Å². The zero-order chi connectivity index (χ0) is 26.4. The summed E-state index contributed by atoms with van der Waals surface area (Å²) in [6.45, 7) is 5.18. The number of fused-ring (bicyclic) bond motifs is 1. The molecule has 1 atom stereocenters. The van der Waals surface area contributed by atoms with Crippen LogP contribution in [0.4, 0.5) is 5.69 Å². The summed E-state index contributed by atoms with van der Waals surface area (Å²) < 4.78 is 0. The van der Waals surface area contributed by atoms with Gasteiger partial charge in [-0.2, -0.15) is 0 Å². The van der Waals surface area contributed by atoms with E-state index in [1.807, 2.05) is 38.1 Å². The van der Waals surface area contributed by atoms with Gasteiger partial charge in [-0.25, -0.2) is 0 Å². The quantitative estimate of drug-likeness (QED) is 0.125. The minimum Gasteiger partial charge on any atom is -0.365 e. The van der Waals surface area contributed by atoms with Crippen molar-refractivity contribution in [2.45, 2.75) is 51.2 Å². The highest BCUT2D eigenvalue weighted by Crippen LogP contribution is 2.29. The first kappa shape index (κ1) is 26.0. The molecule has 1 unspecified atom stereocenters. The van der Waals surface area contributed by atoms with Gasteiger partial charge in [-0.15, -0.1) is 5.11 Å². The van der Waals surface area contributed by atoms with Crippen molar-refractivity contribution in [2.75, 3.05) is 11.4 Å². The van der Waals surface area contributed by atoms with Crippen LogP contribution in [0.3, 0.4) is 0 Å². The van der Waals surface area contributed by atoms with Crippen molar-refractivity contribution in [1.82, 2.24) is 5.32 Å². The van der Waals surface area contributed by atoms with E-state index in [4.69, 9.17) is 17.0 Å². The molecule has 0 aromatic heterocycles. The molecule has 0 saturated heterocycles. The maximum atomic E-state index is 12.6. The van der Waals surface area contributed by atoms with Gasteiger partial charge in [0.15, 0.2) is 5.84 Å². The topological polar surface area (TPSA) is 133 Å². The van der Waals surface area contributed by atoms with Gasteiger partial charge < -0.3 is 21.8 Å². The molecule has 0 radical (unpaired) electrons. The van der Waals surface area contributed by atoms with Crippen molar-refractivity contribution in [3.8, 4) is 11.1 Å². The molecule has 1 aliphatic heterocycles.